The van der Waals surface area contributed by atoms with Crippen molar-refractivity contribution in [2.45, 2.75) is 85.8 Å². The molecular formula is C26H31F3N4O4S. The topological polar surface area (TPSA) is 125 Å². The van der Waals surface area contributed by atoms with Crippen molar-refractivity contribution in [1.82, 2.24) is 15.1 Å². The number of hydrogen-bond acceptors (Lipinski definition) is 6. The molecule has 2 aromatic rings. The molecule has 0 spiro atoms. The van der Waals surface area contributed by atoms with Gasteiger partial charge >= 0.3 is 6.18 Å². The molecule has 206 valence electrons. The highest BCUT2D eigenvalue weighted by molar-refractivity contribution is 7.92. The van der Waals surface area contributed by atoms with Gasteiger partial charge in [0, 0.05) is 24.7 Å². The summed E-state index contributed by atoms with van der Waals surface area (Å²) < 4.78 is 69.3. The third-order valence-electron chi connectivity index (χ3n) is 7.48. The van der Waals surface area contributed by atoms with E-state index in [4.69, 9.17) is 10.4 Å². The van der Waals surface area contributed by atoms with Gasteiger partial charge in [-0.15, -0.1) is 0 Å². The monoisotopic (exact) mass is 552 g/mol. The number of aromatic nitrogens is 2. The van der Waals surface area contributed by atoms with Crippen molar-refractivity contribution in [2.75, 3.05) is 0 Å². The van der Waals surface area contributed by atoms with E-state index in [9.17, 15) is 26.4 Å². The summed E-state index contributed by atoms with van der Waals surface area (Å²) in [6, 6.07) is 5.19. The molecule has 3 aliphatic carbocycles. The third kappa shape index (κ3) is 6.21. The number of benzene rings is 1. The maximum atomic E-state index is 13.8. The number of aryl methyl sites for hydroxylation is 1. The van der Waals surface area contributed by atoms with Crippen LogP contribution >= 0.6 is 0 Å². The Kier molecular flexibility index (Phi) is 7.91. The van der Waals surface area contributed by atoms with Crippen molar-refractivity contribution in [3.8, 4) is 17.2 Å². The number of rotatable bonds is 5. The lowest BCUT2D eigenvalue weighted by atomic mass is 10.1. The molecule has 2 atom stereocenters. The third-order valence-corrected chi connectivity index (χ3v) is 9.75. The lowest BCUT2D eigenvalue weighted by molar-refractivity contribution is -0.139. The van der Waals surface area contributed by atoms with E-state index in [0.717, 1.165) is 25.0 Å². The second-order valence-corrected chi connectivity index (χ2v) is 12.6. The van der Waals surface area contributed by atoms with Gasteiger partial charge in [0.2, 0.25) is 5.91 Å². The lowest BCUT2D eigenvalue weighted by Crippen LogP contribution is -2.39. The fraction of sp³-hybridized carbons (Fsp3) is 0.577. The molecule has 38 heavy (non-hydrogen) atoms. The number of hydrogen-bond donors (Lipinski definition) is 2. The normalized spacial score (nSPS) is 22.8. The van der Waals surface area contributed by atoms with Crippen LogP contribution in [0.4, 0.5) is 13.2 Å². The fourth-order valence-corrected chi connectivity index (χ4v) is 7.05. The predicted octanol–water partition coefficient (Wildman–Crippen LogP) is 4.14. The molecule has 0 saturated heterocycles. The first-order chi connectivity index (χ1) is 17.8. The Morgan fingerprint density at radius 3 is 2.37 bits per heavy atom. The van der Waals surface area contributed by atoms with Crippen molar-refractivity contribution < 1.29 is 31.5 Å². The van der Waals surface area contributed by atoms with Crippen molar-refractivity contribution in [2.24, 2.45) is 13.0 Å². The van der Waals surface area contributed by atoms with E-state index in [1.54, 1.807) is 7.05 Å². The van der Waals surface area contributed by atoms with Crippen LogP contribution in [-0.2, 0) is 27.9 Å². The van der Waals surface area contributed by atoms with Crippen LogP contribution in [0.5, 0.6) is 0 Å². The number of aliphatic hydroxyl groups is 1. The first-order valence-electron chi connectivity index (χ1n) is 12.7. The molecule has 5 rings (SSSR count). The van der Waals surface area contributed by atoms with Gasteiger partial charge in [0.05, 0.1) is 34.1 Å². The van der Waals surface area contributed by atoms with Gasteiger partial charge in [-0.25, -0.2) is 8.42 Å². The Morgan fingerprint density at radius 2 is 1.87 bits per heavy atom. The lowest BCUT2D eigenvalue weighted by Gasteiger charge is -2.18. The molecule has 1 aromatic heterocycles. The molecule has 1 amide bonds. The number of alkyl halides is 3. The Morgan fingerprint density at radius 1 is 1.18 bits per heavy atom. The number of halogens is 3. The van der Waals surface area contributed by atoms with Gasteiger partial charge in [-0.2, -0.15) is 23.5 Å². The summed E-state index contributed by atoms with van der Waals surface area (Å²) in [5.41, 5.74) is -1.46. The molecule has 0 unspecified atom stereocenters. The number of nitrogens with zero attached hydrogens (tertiary/aromatic N) is 3. The zero-order valence-electron chi connectivity index (χ0n) is 21.0. The minimum Gasteiger partial charge on any atom is -0.393 e. The summed E-state index contributed by atoms with van der Waals surface area (Å²) in [5.74, 6) is -1.06. The van der Waals surface area contributed by atoms with Crippen LogP contribution in [0.3, 0.4) is 0 Å². The Balaban J connectivity index is 0.000000494. The van der Waals surface area contributed by atoms with Crippen LogP contribution in [-0.4, -0.2) is 46.1 Å². The van der Waals surface area contributed by atoms with Crippen LogP contribution in [0.2, 0.25) is 0 Å². The molecule has 0 bridgehead atoms. The number of nitriles is 1. The Bertz CT molecular complexity index is 1320. The minimum atomic E-state index is -4.87. The molecule has 3 aliphatic rings. The van der Waals surface area contributed by atoms with E-state index >= 15 is 0 Å². The van der Waals surface area contributed by atoms with Crippen LogP contribution < -0.4 is 5.32 Å². The minimum absolute atomic E-state index is 0.0463. The molecule has 8 nitrogen and oxygen atoms in total. The van der Waals surface area contributed by atoms with E-state index in [0.29, 0.717) is 18.4 Å². The average molecular weight is 553 g/mol. The van der Waals surface area contributed by atoms with Crippen molar-refractivity contribution >= 4 is 15.7 Å². The second-order valence-electron chi connectivity index (χ2n) is 10.4. The summed E-state index contributed by atoms with van der Waals surface area (Å²) in [6.07, 6.45) is 4.01. The molecular weight excluding hydrogens is 521 g/mol. The summed E-state index contributed by atoms with van der Waals surface area (Å²) >= 11 is 0. The van der Waals surface area contributed by atoms with Crippen molar-refractivity contribution in [1.29, 1.82) is 5.26 Å². The highest BCUT2D eigenvalue weighted by Crippen LogP contribution is 2.42. The smallest absolute Gasteiger partial charge is 0.393 e. The van der Waals surface area contributed by atoms with Gasteiger partial charge in [0.15, 0.2) is 9.84 Å². The first kappa shape index (κ1) is 28.1. The van der Waals surface area contributed by atoms with Crippen LogP contribution in [0, 0.1) is 17.2 Å². The maximum Gasteiger partial charge on any atom is 0.417 e. The van der Waals surface area contributed by atoms with Crippen molar-refractivity contribution in [3.63, 3.8) is 0 Å². The van der Waals surface area contributed by atoms with E-state index in [1.807, 2.05) is 6.07 Å². The van der Waals surface area contributed by atoms with Gasteiger partial charge in [0.1, 0.15) is 5.54 Å². The second kappa shape index (κ2) is 10.7. The SMILES string of the molecule is Cn1cc(-c2ccc(S(=O)(=O)[C@@H]3CC[C@@H](C(=O)NC4(C#N)CC4)C3)c(C(F)(F)F)c2)cn1.OC1CCCC1. The van der Waals surface area contributed by atoms with Crippen molar-refractivity contribution in [3.05, 3.63) is 36.2 Å². The van der Waals surface area contributed by atoms with E-state index in [-0.39, 0.29) is 30.9 Å². The summed E-state index contributed by atoms with van der Waals surface area (Å²) in [6.45, 7) is 0. The number of sulfone groups is 1. The highest BCUT2D eigenvalue weighted by atomic mass is 32.2. The van der Waals surface area contributed by atoms with Gasteiger partial charge in [-0.1, -0.05) is 18.9 Å². The van der Waals surface area contributed by atoms with Crippen LogP contribution in [0.1, 0.15) is 63.4 Å². The number of amides is 1. The highest BCUT2D eigenvalue weighted by Gasteiger charge is 2.48. The molecule has 1 heterocycles. The van der Waals surface area contributed by atoms with Gasteiger partial charge < -0.3 is 10.4 Å². The molecule has 3 saturated carbocycles. The van der Waals surface area contributed by atoms with E-state index in [1.165, 1.54) is 36.0 Å². The molecule has 1 aromatic carbocycles. The molecule has 0 radical (unpaired) electrons. The number of carbonyl (C=O) groups excluding carboxylic acids is 1. The summed E-state index contributed by atoms with van der Waals surface area (Å²) in [4.78, 5) is 11.7. The first-order valence-corrected chi connectivity index (χ1v) is 14.2. The zero-order chi connectivity index (χ0) is 27.7. The zero-order valence-corrected chi connectivity index (χ0v) is 21.9. The van der Waals surface area contributed by atoms with E-state index in [2.05, 4.69) is 10.4 Å². The number of carbonyl (C=O) groups is 1. The van der Waals surface area contributed by atoms with Gasteiger partial charge in [0.25, 0.3) is 0 Å². The van der Waals surface area contributed by atoms with E-state index < -0.39 is 49.1 Å². The molecule has 3 fully saturated rings. The number of nitrogens with one attached hydrogen (secondary N) is 1. The Hall–Kier alpha value is -2.91. The molecule has 2 N–H and O–H groups in total. The predicted molar refractivity (Wildman–Crippen MR) is 132 cm³/mol. The summed E-state index contributed by atoms with van der Waals surface area (Å²) in [7, 11) is -2.71. The van der Waals surface area contributed by atoms with Gasteiger partial charge in [-0.05, 0) is 62.6 Å². The molecule has 12 heteroatoms. The average Bonchev–Trinajstić information content (AvgIpc) is 3.27. The maximum absolute atomic E-state index is 13.8. The Labute approximate surface area is 219 Å². The largest absolute Gasteiger partial charge is 0.417 e. The standard InChI is InChI=1S/C21H21F3N4O3S.C5H10O/c1-28-11-15(10-26-28)13-3-5-18(17(9-13)21(22,23)24)32(30,31)16-4-2-14(8-16)19(29)27-20(12-25)6-7-20;6-5-3-1-2-4-5/h3,5,9-11,14,16H,2,4,6-8H2,1H3,(H,27,29);5-6H,1-4H2/t14-,16-;/m1./s1. The van der Waals surface area contributed by atoms with Gasteiger partial charge in [-0.3, -0.25) is 9.48 Å². The quantitative estimate of drug-likeness (QED) is 0.574. The number of aliphatic hydroxyl groups excluding tert-OH is 1. The summed E-state index contributed by atoms with van der Waals surface area (Å²) in [5, 5.41) is 23.3. The molecule has 0 aliphatic heterocycles. The fourth-order valence-electron chi connectivity index (χ4n) is 5.02. The van der Waals surface area contributed by atoms with Crippen LogP contribution in [0.25, 0.3) is 11.1 Å². The van der Waals surface area contributed by atoms with Crippen LogP contribution in [0.15, 0.2) is 35.5 Å².